The molecule has 2 aromatic carbocycles. The summed E-state index contributed by atoms with van der Waals surface area (Å²) in [6.45, 7) is 12.9. The molecule has 0 bridgehead atoms. The van der Waals surface area contributed by atoms with Gasteiger partial charge in [0.1, 0.15) is 17.6 Å². The number of rotatable bonds is 7. The van der Waals surface area contributed by atoms with Crippen molar-refractivity contribution in [2.75, 3.05) is 7.11 Å². The second-order valence-electron chi connectivity index (χ2n) is 13.5. The van der Waals surface area contributed by atoms with Crippen molar-refractivity contribution in [3.8, 4) is 5.75 Å². The molecule has 0 unspecified atom stereocenters. The van der Waals surface area contributed by atoms with Crippen molar-refractivity contribution in [1.29, 1.82) is 0 Å². The number of amides is 1. The van der Waals surface area contributed by atoms with Crippen molar-refractivity contribution < 1.29 is 23.8 Å². The first-order valence-corrected chi connectivity index (χ1v) is 14.6. The van der Waals surface area contributed by atoms with E-state index in [4.69, 9.17) is 4.74 Å². The van der Waals surface area contributed by atoms with E-state index in [0.717, 1.165) is 22.4 Å². The van der Waals surface area contributed by atoms with Gasteiger partial charge in [-0.2, -0.15) is 0 Å². The van der Waals surface area contributed by atoms with Gasteiger partial charge in [-0.25, -0.2) is 9.18 Å². The molecule has 2 aliphatic rings. The maximum atomic E-state index is 15.1. The Bertz CT molecular complexity index is 1290. The smallest absolute Gasteiger partial charge is 0.326 e. The lowest BCUT2D eigenvalue weighted by molar-refractivity contribution is -0.150. The molecule has 1 heterocycles. The standard InChI is InChI=1S/C34H45FN2O4/c1-33(2,3)23-17-18-26(41-7)22(19-23)20-36-28-27(34(4,5)6)30(32(39)40)37(29(28)21-13-9-8-10-14-21)31(38)24-15-11-12-16-25(24)35/h8-10,13-14,17-19,27-30,36H,11-12,15-16,20H2,1-7H3,(H,39,40)/t27-,28-,29-,30-/m0/s1. The number of likely N-dealkylation sites (tertiary alicyclic amines) is 1. The minimum Gasteiger partial charge on any atom is -0.496 e. The van der Waals surface area contributed by atoms with E-state index in [2.05, 4.69) is 38.2 Å². The van der Waals surface area contributed by atoms with Crippen LogP contribution < -0.4 is 10.1 Å². The van der Waals surface area contributed by atoms with E-state index in [-0.39, 0.29) is 17.4 Å². The number of nitrogens with zero attached hydrogens (tertiary/aromatic N) is 1. The number of carboxylic acids is 1. The fraction of sp³-hybridized carbons (Fsp3) is 0.529. The zero-order valence-electron chi connectivity index (χ0n) is 25.5. The molecule has 7 heteroatoms. The maximum Gasteiger partial charge on any atom is 0.326 e. The number of methoxy groups -OCH3 is 1. The second-order valence-corrected chi connectivity index (χ2v) is 13.5. The molecule has 0 radical (unpaired) electrons. The quantitative estimate of drug-likeness (QED) is 0.381. The topological polar surface area (TPSA) is 78.9 Å². The van der Waals surface area contributed by atoms with Gasteiger partial charge in [0, 0.05) is 29.6 Å². The molecule has 4 rings (SSSR count). The summed E-state index contributed by atoms with van der Waals surface area (Å²) in [5.41, 5.74) is 2.51. The monoisotopic (exact) mass is 564 g/mol. The highest BCUT2D eigenvalue weighted by atomic mass is 19.1. The molecule has 222 valence electrons. The fourth-order valence-electron chi connectivity index (χ4n) is 6.56. The Morgan fingerprint density at radius 2 is 1.68 bits per heavy atom. The zero-order valence-corrected chi connectivity index (χ0v) is 25.5. The number of ether oxygens (including phenoxy) is 1. The van der Waals surface area contributed by atoms with Crippen LogP contribution in [0.5, 0.6) is 5.75 Å². The first kappa shape index (κ1) is 30.8. The lowest BCUT2D eigenvalue weighted by atomic mass is 9.72. The van der Waals surface area contributed by atoms with Crippen LogP contribution in [0.1, 0.15) is 90.0 Å². The summed E-state index contributed by atoms with van der Waals surface area (Å²) >= 11 is 0. The third-order valence-electron chi connectivity index (χ3n) is 8.63. The van der Waals surface area contributed by atoms with Crippen LogP contribution in [0.2, 0.25) is 0 Å². The Morgan fingerprint density at radius 1 is 1.02 bits per heavy atom. The molecule has 0 saturated carbocycles. The highest BCUT2D eigenvalue weighted by Crippen LogP contribution is 2.49. The third-order valence-corrected chi connectivity index (χ3v) is 8.63. The molecule has 2 N–H and O–H groups in total. The number of allylic oxidation sites excluding steroid dienone is 1. The minimum atomic E-state index is -1.13. The van der Waals surface area contributed by atoms with Gasteiger partial charge >= 0.3 is 5.97 Å². The van der Waals surface area contributed by atoms with Crippen LogP contribution in [-0.2, 0) is 21.5 Å². The van der Waals surface area contributed by atoms with E-state index in [0.29, 0.717) is 25.8 Å². The average molecular weight is 565 g/mol. The van der Waals surface area contributed by atoms with Gasteiger partial charge in [-0.15, -0.1) is 0 Å². The number of carbonyl (C=O) groups excluding carboxylic acids is 1. The maximum absolute atomic E-state index is 15.1. The van der Waals surface area contributed by atoms with Crippen LogP contribution in [-0.4, -0.2) is 41.1 Å². The van der Waals surface area contributed by atoms with Gasteiger partial charge in [0.25, 0.3) is 5.91 Å². The normalized spacial score (nSPS) is 23.6. The van der Waals surface area contributed by atoms with Crippen LogP contribution in [0.15, 0.2) is 59.9 Å². The highest BCUT2D eigenvalue weighted by molar-refractivity contribution is 5.97. The summed E-state index contributed by atoms with van der Waals surface area (Å²) in [4.78, 5) is 28.7. The summed E-state index contributed by atoms with van der Waals surface area (Å²) in [6, 6.07) is 13.6. The number of carboxylic acid groups (broad SMARTS) is 1. The fourth-order valence-corrected chi connectivity index (χ4v) is 6.56. The number of carbonyl (C=O) groups is 2. The van der Waals surface area contributed by atoms with Crippen molar-refractivity contribution in [1.82, 2.24) is 10.2 Å². The van der Waals surface area contributed by atoms with E-state index in [1.54, 1.807) is 7.11 Å². The second kappa shape index (κ2) is 12.0. The molecular formula is C34H45FN2O4. The van der Waals surface area contributed by atoms with Crippen molar-refractivity contribution in [2.24, 2.45) is 11.3 Å². The summed E-state index contributed by atoms with van der Waals surface area (Å²) in [6.07, 6.45) is 1.95. The predicted octanol–water partition coefficient (Wildman–Crippen LogP) is 6.95. The lowest BCUT2D eigenvalue weighted by Gasteiger charge is -2.35. The van der Waals surface area contributed by atoms with Gasteiger partial charge < -0.3 is 20.1 Å². The van der Waals surface area contributed by atoms with Gasteiger partial charge in [-0.3, -0.25) is 4.79 Å². The van der Waals surface area contributed by atoms with Crippen molar-refractivity contribution in [3.05, 3.63) is 76.6 Å². The average Bonchev–Trinajstić information content (AvgIpc) is 3.27. The molecular weight excluding hydrogens is 519 g/mol. The molecule has 4 atom stereocenters. The van der Waals surface area contributed by atoms with E-state index in [9.17, 15) is 14.7 Å². The third kappa shape index (κ3) is 6.35. The van der Waals surface area contributed by atoms with Gasteiger partial charge in [0.2, 0.25) is 0 Å². The Hall–Kier alpha value is -3.19. The largest absolute Gasteiger partial charge is 0.496 e. The Labute approximate surface area is 244 Å². The van der Waals surface area contributed by atoms with Crippen LogP contribution in [0, 0.1) is 11.3 Å². The first-order valence-electron chi connectivity index (χ1n) is 14.6. The highest BCUT2D eigenvalue weighted by Gasteiger charge is 2.58. The number of aliphatic carboxylic acids is 1. The first-order chi connectivity index (χ1) is 19.3. The summed E-state index contributed by atoms with van der Waals surface area (Å²) in [5.74, 6) is -1.71. The predicted molar refractivity (Wildman–Crippen MR) is 159 cm³/mol. The zero-order chi connectivity index (χ0) is 30.1. The van der Waals surface area contributed by atoms with Gasteiger partial charge in [-0.05, 0) is 53.7 Å². The number of benzene rings is 2. The number of hydrogen-bond acceptors (Lipinski definition) is 4. The van der Waals surface area contributed by atoms with Crippen LogP contribution >= 0.6 is 0 Å². The molecule has 1 fully saturated rings. The summed E-state index contributed by atoms with van der Waals surface area (Å²) in [7, 11) is 1.64. The van der Waals surface area contributed by atoms with Crippen LogP contribution in [0.4, 0.5) is 4.39 Å². The number of halogens is 1. The van der Waals surface area contributed by atoms with Gasteiger partial charge in [0.15, 0.2) is 0 Å². The van der Waals surface area contributed by atoms with Crippen molar-refractivity contribution >= 4 is 11.9 Å². The molecule has 1 aliphatic heterocycles. The van der Waals surface area contributed by atoms with E-state index in [1.807, 2.05) is 57.2 Å². The molecule has 1 saturated heterocycles. The molecule has 0 aromatic heterocycles. The number of hydrogen-bond donors (Lipinski definition) is 2. The molecule has 2 aromatic rings. The molecule has 41 heavy (non-hydrogen) atoms. The molecule has 1 aliphatic carbocycles. The molecule has 1 amide bonds. The summed E-state index contributed by atoms with van der Waals surface area (Å²) in [5, 5.41) is 14.3. The minimum absolute atomic E-state index is 0.0652. The van der Waals surface area contributed by atoms with E-state index >= 15 is 4.39 Å². The van der Waals surface area contributed by atoms with Crippen molar-refractivity contribution in [3.63, 3.8) is 0 Å². The van der Waals surface area contributed by atoms with Crippen LogP contribution in [0.25, 0.3) is 0 Å². The van der Waals surface area contributed by atoms with Crippen molar-refractivity contribution in [2.45, 2.75) is 97.3 Å². The SMILES string of the molecule is COc1ccc(C(C)(C)C)cc1CN[C@H]1[C@H](C(C)(C)C)[C@@H](C(=O)O)N(C(=O)C2=C(F)CCCC2)[C@H]1c1ccccc1. The van der Waals surface area contributed by atoms with E-state index in [1.165, 1.54) is 4.90 Å². The Kier molecular flexibility index (Phi) is 8.98. The number of nitrogens with one attached hydrogen (secondary N) is 1. The van der Waals surface area contributed by atoms with Gasteiger partial charge in [0.05, 0.1) is 13.2 Å². The molecule has 0 spiro atoms. The Balaban J connectivity index is 1.85. The van der Waals surface area contributed by atoms with Crippen LogP contribution in [0.3, 0.4) is 0 Å². The lowest BCUT2D eigenvalue weighted by Crippen LogP contribution is -2.48. The molecule has 6 nitrogen and oxygen atoms in total. The van der Waals surface area contributed by atoms with Gasteiger partial charge in [-0.1, -0.05) is 84.0 Å². The Morgan fingerprint density at radius 3 is 2.24 bits per heavy atom. The van der Waals surface area contributed by atoms with E-state index < -0.39 is 47.2 Å². The summed E-state index contributed by atoms with van der Waals surface area (Å²) < 4.78 is 20.8.